The van der Waals surface area contributed by atoms with Gasteiger partial charge in [-0.3, -0.25) is 4.79 Å². The monoisotopic (exact) mass is 330 g/mol. The van der Waals surface area contributed by atoms with Gasteiger partial charge >= 0.3 is 0 Å². The number of carbonyl (C=O) groups is 1. The second kappa shape index (κ2) is 9.30. The van der Waals surface area contributed by atoms with E-state index in [1.165, 1.54) is 0 Å². The molecule has 118 valence electrons. The summed E-state index contributed by atoms with van der Waals surface area (Å²) in [4.78, 5) is 12.0. The van der Waals surface area contributed by atoms with Gasteiger partial charge in [0.25, 0.3) is 0 Å². The van der Waals surface area contributed by atoms with Crippen LogP contribution in [0.15, 0.2) is 24.3 Å². The Balaban J connectivity index is 2.64. The van der Waals surface area contributed by atoms with Crippen LogP contribution >= 0.6 is 23.4 Å². The Morgan fingerprint density at radius 3 is 2.57 bits per heavy atom. The molecule has 0 bridgehead atoms. The van der Waals surface area contributed by atoms with Crippen molar-refractivity contribution in [1.82, 2.24) is 5.32 Å². The Bertz CT molecular complexity index is 442. The number of thioether (sulfide) groups is 1. The number of nitrogens with one attached hydrogen (secondary N) is 1. The van der Waals surface area contributed by atoms with E-state index in [1.54, 1.807) is 18.9 Å². The summed E-state index contributed by atoms with van der Waals surface area (Å²) >= 11 is 7.56. The molecular weight excluding hydrogens is 308 g/mol. The molecule has 1 aromatic rings. The third kappa shape index (κ3) is 5.87. The minimum absolute atomic E-state index is 0.146. The van der Waals surface area contributed by atoms with Crippen molar-refractivity contribution in [3.8, 4) is 0 Å². The van der Waals surface area contributed by atoms with E-state index >= 15 is 0 Å². The summed E-state index contributed by atoms with van der Waals surface area (Å²) < 4.78 is 5.50. The zero-order valence-corrected chi connectivity index (χ0v) is 14.2. The van der Waals surface area contributed by atoms with E-state index in [2.05, 4.69) is 5.32 Å². The highest BCUT2D eigenvalue weighted by Gasteiger charge is 2.23. The van der Waals surface area contributed by atoms with Gasteiger partial charge in [-0.1, -0.05) is 23.7 Å². The Morgan fingerprint density at radius 2 is 2.05 bits per heavy atom. The molecule has 3 atom stereocenters. The normalized spacial score (nSPS) is 15.3. The van der Waals surface area contributed by atoms with Crippen molar-refractivity contribution in [1.29, 1.82) is 0 Å². The predicted octanol–water partition coefficient (Wildman–Crippen LogP) is 2.61. The molecule has 0 heterocycles. The third-order valence-electron chi connectivity index (χ3n) is 3.25. The van der Waals surface area contributed by atoms with Gasteiger partial charge < -0.3 is 15.8 Å². The molecule has 1 amide bonds. The zero-order chi connectivity index (χ0) is 15.8. The molecule has 0 aliphatic carbocycles. The minimum Gasteiger partial charge on any atom is -0.375 e. The molecule has 6 heteroatoms. The number of benzene rings is 1. The molecule has 0 fully saturated rings. The van der Waals surface area contributed by atoms with Crippen LogP contribution in [0.3, 0.4) is 0 Å². The van der Waals surface area contributed by atoms with E-state index in [-0.39, 0.29) is 18.1 Å². The lowest BCUT2D eigenvalue weighted by Crippen LogP contribution is -2.46. The van der Waals surface area contributed by atoms with Gasteiger partial charge in [-0.05, 0) is 43.0 Å². The van der Waals surface area contributed by atoms with Crippen LogP contribution in [0.1, 0.15) is 25.0 Å². The summed E-state index contributed by atoms with van der Waals surface area (Å²) in [5.74, 6) is 0.723. The fourth-order valence-electron chi connectivity index (χ4n) is 2.06. The lowest BCUT2D eigenvalue weighted by atomic mass is 10.0. The lowest BCUT2D eigenvalue weighted by Gasteiger charge is -2.25. The topological polar surface area (TPSA) is 64.3 Å². The second-order valence-corrected chi connectivity index (χ2v) is 6.32. The number of carbonyl (C=O) groups excluding carboxylic acids is 1. The molecular formula is C15H23ClN2O2S. The van der Waals surface area contributed by atoms with Crippen molar-refractivity contribution in [3.63, 3.8) is 0 Å². The number of halogens is 1. The quantitative estimate of drug-likeness (QED) is 0.769. The molecule has 0 radical (unpaired) electrons. The third-order valence-corrected chi connectivity index (χ3v) is 4.14. The maximum absolute atomic E-state index is 12.0. The van der Waals surface area contributed by atoms with Crippen LogP contribution in [0.25, 0.3) is 0 Å². The van der Waals surface area contributed by atoms with Crippen LogP contribution < -0.4 is 11.1 Å². The van der Waals surface area contributed by atoms with Crippen molar-refractivity contribution < 1.29 is 9.53 Å². The Kier molecular flexibility index (Phi) is 8.11. The number of rotatable bonds is 8. The smallest absolute Gasteiger partial charge is 0.237 e. The number of methoxy groups -OCH3 is 1. The maximum Gasteiger partial charge on any atom is 0.237 e. The molecule has 0 aliphatic rings. The summed E-state index contributed by atoms with van der Waals surface area (Å²) in [5, 5.41) is 3.59. The fourth-order valence-corrected chi connectivity index (χ4v) is 2.68. The number of ether oxygens (including phenoxy) is 1. The lowest BCUT2D eigenvalue weighted by molar-refractivity contribution is -0.124. The summed E-state index contributed by atoms with van der Waals surface area (Å²) in [5.41, 5.74) is 6.83. The average molecular weight is 331 g/mol. The Labute approximate surface area is 135 Å². The number of hydrogen-bond acceptors (Lipinski definition) is 4. The molecule has 0 spiro atoms. The van der Waals surface area contributed by atoms with E-state index in [9.17, 15) is 4.79 Å². The molecule has 4 nitrogen and oxygen atoms in total. The van der Waals surface area contributed by atoms with Crippen molar-refractivity contribution in [2.45, 2.75) is 31.5 Å². The highest BCUT2D eigenvalue weighted by Crippen LogP contribution is 2.22. The molecule has 3 N–H and O–H groups in total. The molecule has 1 rings (SSSR count). The largest absolute Gasteiger partial charge is 0.375 e. The number of nitrogens with two attached hydrogens (primary N) is 1. The molecule has 0 saturated carbocycles. The number of amides is 1. The van der Waals surface area contributed by atoms with Gasteiger partial charge in [0.1, 0.15) is 6.10 Å². The van der Waals surface area contributed by atoms with E-state index < -0.39 is 6.04 Å². The molecule has 0 aromatic heterocycles. The van der Waals surface area contributed by atoms with Crippen LogP contribution in [0, 0.1) is 0 Å². The van der Waals surface area contributed by atoms with Crippen molar-refractivity contribution in [3.05, 3.63) is 34.9 Å². The standard InChI is InChI=1S/C15H23ClN2O2S/c1-10(18-15(19)13(17)8-9-21-3)14(20-2)11-4-6-12(16)7-5-11/h4-7,10,13-14H,8-9,17H2,1-3H3,(H,18,19)/t10?,13-,14?/m0/s1. The maximum atomic E-state index is 12.0. The van der Waals surface area contributed by atoms with Gasteiger partial charge in [-0.15, -0.1) is 0 Å². The first-order valence-corrected chi connectivity index (χ1v) is 8.60. The molecule has 21 heavy (non-hydrogen) atoms. The summed E-state index contributed by atoms with van der Waals surface area (Å²) in [7, 11) is 1.62. The van der Waals surface area contributed by atoms with E-state index in [4.69, 9.17) is 22.1 Å². The molecule has 0 aliphatic heterocycles. The van der Waals surface area contributed by atoms with Crippen LogP contribution in [0.5, 0.6) is 0 Å². The SMILES string of the molecule is COC(c1ccc(Cl)cc1)C(C)NC(=O)[C@@H](N)CCSC. The van der Waals surface area contributed by atoms with Gasteiger partial charge in [0.15, 0.2) is 0 Å². The first kappa shape index (κ1) is 18.3. The molecule has 1 aromatic carbocycles. The van der Waals surface area contributed by atoms with Crippen LogP contribution in [0.2, 0.25) is 5.02 Å². The van der Waals surface area contributed by atoms with Crippen molar-refractivity contribution in [2.75, 3.05) is 19.1 Å². The zero-order valence-electron chi connectivity index (χ0n) is 12.6. The summed E-state index contributed by atoms with van der Waals surface area (Å²) in [6.45, 7) is 1.90. The summed E-state index contributed by atoms with van der Waals surface area (Å²) in [6, 6.07) is 6.75. The molecule has 0 saturated heterocycles. The number of hydrogen-bond donors (Lipinski definition) is 2. The highest BCUT2D eigenvalue weighted by molar-refractivity contribution is 7.98. The first-order valence-electron chi connectivity index (χ1n) is 6.82. The van der Waals surface area contributed by atoms with Gasteiger partial charge in [0.05, 0.1) is 12.1 Å². The summed E-state index contributed by atoms with van der Waals surface area (Å²) in [6.07, 6.45) is 2.42. The minimum atomic E-state index is -0.484. The van der Waals surface area contributed by atoms with Gasteiger partial charge in [-0.2, -0.15) is 11.8 Å². The van der Waals surface area contributed by atoms with Gasteiger partial charge in [0.2, 0.25) is 5.91 Å². The fraction of sp³-hybridized carbons (Fsp3) is 0.533. The predicted molar refractivity (Wildman–Crippen MR) is 89.8 cm³/mol. The Hall–Kier alpha value is -0.750. The highest BCUT2D eigenvalue weighted by atomic mass is 35.5. The van der Waals surface area contributed by atoms with Gasteiger partial charge in [-0.25, -0.2) is 0 Å². The van der Waals surface area contributed by atoms with Crippen molar-refractivity contribution >= 4 is 29.3 Å². The van der Waals surface area contributed by atoms with E-state index in [0.717, 1.165) is 11.3 Å². The Morgan fingerprint density at radius 1 is 1.43 bits per heavy atom. The van der Waals surface area contributed by atoms with Crippen molar-refractivity contribution in [2.24, 2.45) is 5.73 Å². The van der Waals surface area contributed by atoms with E-state index in [1.807, 2.05) is 37.4 Å². The second-order valence-electron chi connectivity index (χ2n) is 4.89. The first-order chi connectivity index (χ1) is 9.99. The molecule has 2 unspecified atom stereocenters. The van der Waals surface area contributed by atoms with Gasteiger partial charge in [0, 0.05) is 12.1 Å². The van der Waals surface area contributed by atoms with Crippen LogP contribution in [-0.2, 0) is 9.53 Å². The van der Waals surface area contributed by atoms with Crippen LogP contribution in [-0.4, -0.2) is 37.1 Å². The van der Waals surface area contributed by atoms with E-state index in [0.29, 0.717) is 11.4 Å². The average Bonchev–Trinajstić information content (AvgIpc) is 2.47. The van der Waals surface area contributed by atoms with Crippen LogP contribution in [0.4, 0.5) is 0 Å².